The van der Waals surface area contributed by atoms with E-state index < -0.39 is 0 Å². The second kappa shape index (κ2) is 6.02. The Morgan fingerprint density at radius 1 is 1.00 bits per heavy atom. The molecule has 0 N–H and O–H groups in total. The summed E-state index contributed by atoms with van der Waals surface area (Å²) in [5.41, 5.74) is 1.25. The van der Waals surface area contributed by atoms with Crippen LogP contribution in [0.2, 0.25) is 0 Å². The van der Waals surface area contributed by atoms with Crippen LogP contribution in [0, 0.1) is 0 Å². The molecular formula is C16H27ClNP. The summed E-state index contributed by atoms with van der Waals surface area (Å²) >= 11 is 6.23. The molecule has 0 bridgehead atoms. The third kappa shape index (κ3) is 4.10. The Labute approximate surface area is 125 Å². The SMILES string of the molecule is CN(C)c1ccc(P(C(C)(C)C)C(C)(C)CCl)cc1. The second-order valence-corrected chi connectivity index (χ2v) is 10.9. The lowest BCUT2D eigenvalue weighted by Crippen LogP contribution is -2.34. The van der Waals surface area contributed by atoms with Gasteiger partial charge in [-0.25, -0.2) is 0 Å². The highest BCUT2D eigenvalue weighted by molar-refractivity contribution is 7.68. The molecule has 1 nitrogen and oxygen atoms in total. The fourth-order valence-electron chi connectivity index (χ4n) is 2.60. The van der Waals surface area contributed by atoms with E-state index >= 15 is 0 Å². The van der Waals surface area contributed by atoms with Crippen LogP contribution < -0.4 is 10.2 Å². The van der Waals surface area contributed by atoms with Crippen molar-refractivity contribution in [3.05, 3.63) is 24.3 Å². The topological polar surface area (TPSA) is 3.24 Å². The van der Waals surface area contributed by atoms with E-state index in [1.54, 1.807) is 0 Å². The summed E-state index contributed by atoms with van der Waals surface area (Å²) in [6.45, 7) is 11.6. The maximum atomic E-state index is 6.23. The van der Waals surface area contributed by atoms with Crippen LogP contribution in [0.5, 0.6) is 0 Å². The van der Waals surface area contributed by atoms with E-state index in [4.69, 9.17) is 11.6 Å². The third-order valence-electron chi connectivity index (χ3n) is 3.23. The van der Waals surface area contributed by atoms with Crippen LogP contribution in [0.15, 0.2) is 24.3 Å². The molecule has 1 rings (SSSR count). The number of halogens is 1. The molecular weight excluding hydrogens is 273 g/mol. The Hall–Kier alpha value is -0.260. The number of nitrogens with zero attached hydrogens (tertiary/aromatic N) is 1. The molecule has 0 aromatic heterocycles. The minimum Gasteiger partial charge on any atom is -0.378 e. The third-order valence-corrected chi connectivity index (χ3v) is 7.61. The molecule has 1 aromatic carbocycles. The van der Waals surface area contributed by atoms with Gasteiger partial charge in [0.1, 0.15) is 0 Å². The molecule has 0 aliphatic heterocycles. The van der Waals surface area contributed by atoms with Gasteiger partial charge in [0.25, 0.3) is 0 Å². The predicted octanol–water partition coefficient (Wildman–Crippen LogP) is 4.68. The first-order valence-electron chi connectivity index (χ1n) is 6.73. The van der Waals surface area contributed by atoms with Gasteiger partial charge < -0.3 is 4.90 Å². The summed E-state index contributed by atoms with van der Waals surface area (Å²) in [5.74, 6) is 0.700. The number of benzene rings is 1. The summed E-state index contributed by atoms with van der Waals surface area (Å²) in [6.07, 6.45) is 0. The normalized spacial score (nSPS) is 14.3. The monoisotopic (exact) mass is 299 g/mol. The lowest BCUT2D eigenvalue weighted by atomic mass is 10.2. The molecule has 108 valence electrons. The largest absolute Gasteiger partial charge is 0.378 e. The van der Waals surface area contributed by atoms with Crippen molar-refractivity contribution < 1.29 is 0 Å². The molecule has 0 aliphatic carbocycles. The van der Waals surface area contributed by atoms with Gasteiger partial charge in [-0.3, -0.25) is 0 Å². The zero-order valence-corrected chi connectivity index (χ0v) is 14.9. The van der Waals surface area contributed by atoms with Gasteiger partial charge in [-0.15, -0.1) is 11.6 Å². The first-order valence-corrected chi connectivity index (χ1v) is 8.61. The quantitative estimate of drug-likeness (QED) is 0.576. The van der Waals surface area contributed by atoms with Crippen molar-refractivity contribution in [1.82, 2.24) is 0 Å². The number of alkyl halides is 1. The highest BCUT2D eigenvalue weighted by Gasteiger charge is 2.38. The Morgan fingerprint density at radius 2 is 1.47 bits per heavy atom. The molecule has 0 heterocycles. The summed E-state index contributed by atoms with van der Waals surface area (Å²) in [5, 5.41) is 1.85. The van der Waals surface area contributed by atoms with Gasteiger partial charge in [-0.05, 0) is 22.6 Å². The number of hydrogen-bond acceptors (Lipinski definition) is 1. The van der Waals surface area contributed by atoms with Crippen LogP contribution >= 0.6 is 19.5 Å². The van der Waals surface area contributed by atoms with E-state index in [-0.39, 0.29) is 18.2 Å². The Bertz CT molecular complexity index is 404. The Balaban J connectivity index is 3.20. The number of rotatable bonds is 4. The van der Waals surface area contributed by atoms with E-state index in [1.807, 2.05) is 0 Å². The molecule has 1 atom stereocenters. The minimum absolute atomic E-state index is 0.148. The summed E-state index contributed by atoms with van der Waals surface area (Å²) in [6, 6.07) is 8.97. The van der Waals surface area contributed by atoms with Crippen LogP contribution in [0.3, 0.4) is 0 Å². The minimum atomic E-state index is -0.322. The van der Waals surface area contributed by atoms with Gasteiger partial charge in [-0.1, -0.05) is 54.7 Å². The zero-order valence-electron chi connectivity index (χ0n) is 13.3. The first kappa shape index (κ1) is 16.8. The zero-order chi connectivity index (χ0) is 14.8. The average Bonchev–Trinajstić information content (AvgIpc) is 2.27. The molecule has 0 radical (unpaired) electrons. The second-order valence-electron chi connectivity index (χ2n) is 6.86. The molecule has 0 saturated heterocycles. The lowest BCUT2D eigenvalue weighted by molar-refractivity contribution is 0.719. The van der Waals surface area contributed by atoms with Gasteiger partial charge in [-0.2, -0.15) is 0 Å². The van der Waals surface area contributed by atoms with Crippen molar-refractivity contribution in [1.29, 1.82) is 0 Å². The highest BCUT2D eigenvalue weighted by Crippen LogP contribution is 2.58. The Kier molecular flexibility index (Phi) is 5.32. The van der Waals surface area contributed by atoms with Gasteiger partial charge in [0.15, 0.2) is 0 Å². The van der Waals surface area contributed by atoms with E-state index in [9.17, 15) is 0 Å². The van der Waals surface area contributed by atoms with Crippen molar-refractivity contribution in [2.24, 2.45) is 0 Å². The van der Waals surface area contributed by atoms with Crippen molar-refractivity contribution in [2.75, 3.05) is 24.9 Å². The van der Waals surface area contributed by atoms with Gasteiger partial charge >= 0.3 is 0 Å². The van der Waals surface area contributed by atoms with Gasteiger partial charge in [0.05, 0.1) is 0 Å². The fourth-order valence-corrected chi connectivity index (χ4v) is 6.82. The van der Waals surface area contributed by atoms with Crippen molar-refractivity contribution in [2.45, 2.75) is 44.9 Å². The van der Waals surface area contributed by atoms with Crippen molar-refractivity contribution in [3.63, 3.8) is 0 Å². The van der Waals surface area contributed by atoms with Gasteiger partial charge in [0, 0.05) is 30.8 Å². The molecule has 1 aromatic rings. The molecule has 3 heteroatoms. The van der Waals surface area contributed by atoms with Crippen LogP contribution in [-0.4, -0.2) is 30.3 Å². The predicted molar refractivity (Wildman–Crippen MR) is 91.9 cm³/mol. The number of anilines is 1. The first-order chi connectivity index (χ1) is 8.59. The summed E-state index contributed by atoms with van der Waals surface area (Å²) in [4.78, 5) is 2.13. The summed E-state index contributed by atoms with van der Waals surface area (Å²) in [7, 11) is 3.83. The van der Waals surface area contributed by atoms with Crippen LogP contribution in [0.25, 0.3) is 0 Å². The lowest BCUT2D eigenvalue weighted by Gasteiger charge is -2.43. The molecule has 1 unspecified atom stereocenters. The average molecular weight is 300 g/mol. The smallest absolute Gasteiger partial charge is 0.0361 e. The molecule has 0 amide bonds. The van der Waals surface area contributed by atoms with Crippen LogP contribution in [0.1, 0.15) is 34.6 Å². The van der Waals surface area contributed by atoms with E-state index in [1.165, 1.54) is 11.0 Å². The van der Waals surface area contributed by atoms with Gasteiger partial charge in [0.2, 0.25) is 0 Å². The van der Waals surface area contributed by atoms with E-state index in [0.717, 1.165) is 0 Å². The maximum absolute atomic E-state index is 6.23. The maximum Gasteiger partial charge on any atom is 0.0361 e. The molecule has 0 saturated carbocycles. The summed E-state index contributed by atoms with van der Waals surface area (Å²) < 4.78 is 0. The molecule has 0 fully saturated rings. The van der Waals surface area contributed by atoms with Crippen molar-refractivity contribution in [3.8, 4) is 0 Å². The van der Waals surface area contributed by atoms with Crippen LogP contribution in [-0.2, 0) is 0 Å². The standard InChI is InChI=1S/C16H27ClNP/c1-15(2,3)19(16(4,5)12-17)14-10-8-13(9-11-14)18(6)7/h8-11H,12H2,1-7H3. The van der Waals surface area contributed by atoms with E-state index in [0.29, 0.717) is 5.88 Å². The van der Waals surface area contributed by atoms with E-state index in [2.05, 4.69) is 77.9 Å². The Morgan fingerprint density at radius 3 is 1.79 bits per heavy atom. The number of hydrogen-bond donors (Lipinski definition) is 0. The molecule has 0 aliphatic rings. The van der Waals surface area contributed by atoms with Crippen LogP contribution in [0.4, 0.5) is 5.69 Å². The molecule has 0 spiro atoms. The molecule has 19 heavy (non-hydrogen) atoms. The fraction of sp³-hybridized carbons (Fsp3) is 0.625. The highest BCUT2D eigenvalue weighted by atomic mass is 35.5. The van der Waals surface area contributed by atoms with Crippen molar-refractivity contribution >= 4 is 30.5 Å².